The minimum Gasteiger partial charge on any atom is -0.173 e. The van der Waals surface area contributed by atoms with E-state index in [1.807, 2.05) is 0 Å². The van der Waals surface area contributed by atoms with Crippen LogP contribution in [-0.2, 0) is 0 Å². The second-order valence-corrected chi connectivity index (χ2v) is 5.16. The molecule has 3 unspecified atom stereocenters. The van der Waals surface area contributed by atoms with E-state index >= 15 is 0 Å². The van der Waals surface area contributed by atoms with Gasteiger partial charge in [0, 0.05) is 4.75 Å². The Labute approximate surface area is 69.8 Å². The maximum Gasteiger partial charge on any atom is 0.0127 e. The van der Waals surface area contributed by atoms with E-state index in [0.29, 0.717) is 4.75 Å². The molecule has 0 aromatic rings. The number of hydrogen-bond acceptors (Lipinski definition) is 1. The van der Waals surface area contributed by atoms with Crippen molar-refractivity contribution < 1.29 is 0 Å². The summed E-state index contributed by atoms with van der Waals surface area (Å²) in [6.45, 7) is 6.94. The zero-order valence-electron chi connectivity index (χ0n) is 7.22. The molecule has 60 valence electrons. The maximum absolute atomic E-state index is 4.65. The molecule has 1 saturated carbocycles. The van der Waals surface area contributed by atoms with Gasteiger partial charge in [-0.2, -0.15) is 12.6 Å². The molecular formula is C9H18S. The van der Waals surface area contributed by atoms with Crippen LogP contribution in [0.4, 0.5) is 0 Å². The average Bonchev–Trinajstić information content (AvgIpc) is 1.81. The molecule has 0 aromatic carbocycles. The summed E-state index contributed by atoms with van der Waals surface area (Å²) in [7, 11) is 0. The predicted octanol–water partition coefficient (Wildman–Crippen LogP) is 3.13. The standard InChI is InChI=1S/C9H18S/c1-7-4-5-9(3,10)8(2)6-7/h7-8,10H,4-6H2,1-3H3. The summed E-state index contributed by atoms with van der Waals surface area (Å²) in [6.07, 6.45) is 4.02. The second kappa shape index (κ2) is 2.77. The van der Waals surface area contributed by atoms with Gasteiger partial charge in [-0.25, -0.2) is 0 Å². The van der Waals surface area contributed by atoms with E-state index in [0.717, 1.165) is 11.8 Å². The highest BCUT2D eigenvalue weighted by Gasteiger charge is 2.32. The summed E-state index contributed by atoms with van der Waals surface area (Å²) >= 11 is 4.65. The lowest BCUT2D eigenvalue weighted by Gasteiger charge is -2.38. The first kappa shape index (κ1) is 8.45. The molecule has 0 radical (unpaired) electrons. The Morgan fingerprint density at radius 2 is 2.00 bits per heavy atom. The molecule has 0 saturated heterocycles. The molecule has 0 bridgehead atoms. The van der Waals surface area contributed by atoms with E-state index in [4.69, 9.17) is 0 Å². The summed E-state index contributed by atoms with van der Waals surface area (Å²) < 4.78 is 0.312. The predicted molar refractivity (Wildman–Crippen MR) is 49.6 cm³/mol. The molecule has 0 heterocycles. The van der Waals surface area contributed by atoms with Crippen molar-refractivity contribution in [3.05, 3.63) is 0 Å². The fraction of sp³-hybridized carbons (Fsp3) is 1.00. The molecule has 1 fully saturated rings. The third-order valence-corrected chi connectivity index (χ3v) is 3.63. The Morgan fingerprint density at radius 3 is 2.40 bits per heavy atom. The van der Waals surface area contributed by atoms with Gasteiger partial charge in [-0.1, -0.05) is 20.8 Å². The van der Waals surface area contributed by atoms with Gasteiger partial charge in [-0.3, -0.25) is 0 Å². The van der Waals surface area contributed by atoms with E-state index in [2.05, 4.69) is 33.4 Å². The van der Waals surface area contributed by atoms with Crippen molar-refractivity contribution in [1.82, 2.24) is 0 Å². The van der Waals surface area contributed by atoms with Crippen molar-refractivity contribution in [3.8, 4) is 0 Å². The molecular weight excluding hydrogens is 140 g/mol. The van der Waals surface area contributed by atoms with Crippen molar-refractivity contribution in [2.45, 2.75) is 44.8 Å². The van der Waals surface area contributed by atoms with Gasteiger partial charge in [0.25, 0.3) is 0 Å². The summed E-state index contributed by atoms with van der Waals surface area (Å²) in [5.41, 5.74) is 0. The van der Waals surface area contributed by atoms with Gasteiger partial charge >= 0.3 is 0 Å². The first-order valence-electron chi connectivity index (χ1n) is 4.25. The normalized spacial score (nSPS) is 49.2. The summed E-state index contributed by atoms with van der Waals surface area (Å²) in [5.74, 6) is 1.72. The van der Waals surface area contributed by atoms with E-state index < -0.39 is 0 Å². The second-order valence-electron chi connectivity index (χ2n) is 4.14. The minimum atomic E-state index is 0.312. The fourth-order valence-electron chi connectivity index (χ4n) is 1.76. The van der Waals surface area contributed by atoms with E-state index in [-0.39, 0.29) is 0 Å². The van der Waals surface area contributed by atoms with Gasteiger partial charge in [0.15, 0.2) is 0 Å². The van der Waals surface area contributed by atoms with Gasteiger partial charge in [0.1, 0.15) is 0 Å². The summed E-state index contributed by atoms with van der Waals surface area (Å²) in [5, 5.41) is 0. The molecule has 0 nitrogen and oxygen atoms in total. The Bertz CT molecular complexity index is 118. The SMILES string of the molecule is CC1CCC(C)(S)C(C)C1. The van der Waals surface area contributed by atoms with Crippen LogP contribution in [-0.4, -0.2) is 4.75 Å². The third kappa shape index (κ3) is 1.69. The smallest absolute Gasteiger partial charge is 0.0127 e. The van der Waals surface area contributed by atoms with Crippen LogP contribution < -0.4 is 0 Å². The van der Waals surface area contributed by atoms with Crippen molar-refractivity contribution in [1.29, 1.82) is 0 Å². The number of thiol groups is 1. The van der Waals surface area contributed by atoms with Crippen LogP contribution in [0.15, 0.2) is 0 Å². The lowest BCUT2D eigenvalue weighted by molar-refractivity contribution is 0.250. The zero-order chi connectivity index (χ0) is 7.78. The largest absolute Gasteiger partial charge is 0.173 e. The molecule has 1 rings (SSSR count). The van der Waals surface area contributed by atoms with Gasteiger partial charge in [-0.05, 0) is 31.1 Å². The van der Waals surface area contributed by atoms with E-state index in [1.165, 1.54) is 19.3 Å². The fourth-order valence-corrected chi connectivity index (χ4v) is 1.99. The van der Waals surface area contributed by atoms with E-state index in [1.54, 1.807) is 0 Å². The molecule has 10 heavy (non-hydrogen) atoms. The van der Waals surface area contributed by atoms with Gasteiger partial charge in [-0.15, -0.1) is 0 Å². The quantitative estimate of drug-likeness (QED) is 0.514. The molecule has 0 N–H and O–H groups in total. The Balaban J connectivity index is 2.52. The highest BCUT2D eigenvalue weighted by molar-refractivity contribution is 7.81. The van der Waals surface area contributed by atoms with Crippen LogP contribution >= 0.6 is 12.6 Å². The highest BCUT2D eigenvalue weighted by Crippen LogP contribution is 2.40. The molecule has 1 aliphatic carbocycles. The van der Waals surface area contributed by atoms with Crippen LogP contribution in [0.5, 0.6) is 0 Å². The maximum atomic E-state index is 4.65. The van der Waals surface area contributed by atoms with Gasteiger partial charge in [0.05, 0.1) is 0 Å². The molecule has 0 amide bonds. The van der Waals surface area contributed by atoms with Crippen molar-refractivity contribution >= 4 is 12.6 Å². The summed E-state index contributed by atoms with van der Waals surface area (Å²) in [6, 6.07) is 0. The topological polar surface area (TPSA) is 0 Å². The lowest BCUT2D eigenvalue weighted by Crippen LogP contribution is -2.32. The monoisotopic (exact) mass is 158 g/mol. The molecule has 0 spiro atoms. The number of hydrogen-bond donors (Lipinski definition) is 1. The van der Waals surface area contributed by atoms with Crippen LogP contribution in [0.1, 0.15) is 40.0 Å². The zero-order valence-corrected chi connectivity index (χ0v) is 8.12. The third-order valence-electron chi connectivity index (χ3n) is 2.96. The van der Waals surface area contributed by atoms with Crippen LogP contribution in [0, 0.1) is 11.8 Å². The molecule has 3 atom stereocenters. The Morgan fingerprint density at radius 1 is 1.40 bits per heavy atom. The number of rotatable bonds is 0. The highest BCUT2D eigenvalue weighted by atomic mass is 32.1. The first-order chi connectivity index (χ1) is 4.52. The van der Waals surface area contributed by atoms with Crippen molar-refractivity contribution in [2.75, 3.05) is 0 Å². The molecule has 1 aliphatic rings. The minimum absolute atomic E-state index is 0.312. The van der Waals surface area contributed by atoms with E-state index in [9.17, 15) is 0 Å². The Kier molecular flexibility index (Phi) is 2.34. The Hall–Kier alpha value is 0.350. The van der Waals surface area contributed by atoms with Crippen LogP contribution in [0.3, 0.4) is 0 Å². The first-order valence-corrected chi connectivity index (χ1v) is 4.69. The molecule has 0 aliphatic heterocycles. The van der Waals surface area contributed by atoms with Gasteiger partial charge in [0.2, 0.25) is 0 Å². The lowest BCUT2D eigenvalue weighted by atomic mass is 9.76. The van der Waals surface area contributed by atoms with Crippen LogP contribution in [0.25, 0.3) is 0 Å². The van der Waals surface area contributed by atoms with Crippen LogP contribution in [0.2, 0.25) is 0 Å². The molecule has 1 heteroatoms. The molecule has 0 aromatic heterocycles. The van der Waals surface area contributed by atoms with Gasteiger partial charge < -0.3 is 0 Å². The van der Waals surface area contributed by atoms with Crippen molar-refractivity contribution in [3.63, 3.8) is 0 Å². The van der Waals surface area contributed by atoms with Crippen molar-refractivity contribution in [2.24, 2.45) is 11.8 Å². The average molecular weight is 158 g/mol. The summed E-state index contributed by atoms with van der Waals surface area (Å²) in [4.78, 5) is 0.